The van der Waals surface area contributed by atoms with E-state index in [2.05, 4.69) is 6.07 Å². The lowest BCUT2D eigenvalue weighted by Crippen LogP contribution is -2.32. The first-order valence-corrected chi connectivity index (χ1v) is 5.52. The van der Waals surface area contributed by atoms with Gasteiger partial charge in [-0.2, -0.15) is 5.26 Å². The van der Waals surface area contributed by atoms with Gasteiger partial charge in [-0.25, -0.2) is 4.39 Å². The van der Waals surface area contributed by atoms with Crippen molar-refractivity contribution in [3.05, 3.63) is 35.6 Å². The summed E-state index contributed by atoms with van der Waals surface area (Å²) >= 11 is 0. The lowest BCUT2D eigenvalue weighted by molar-refractivity contribution is 0.109. The minimum atomic E-state index is -0.535. The fraction of sp³-hybridized carbons (Fsp3) is 0.462. The van der Waals surface area contributed by atoms with Gasteiger partial charge in [0.2, 0.25) is 0 Å². The molecular weight excluding hydrogens is 205 g/mol. The van der Waals surface area contributed by atoms with Crippen LogP contribution in [0, 0.1) is 17.1 Å². The Morgan fingerprint density at radius 3 is 2.31 bits per heavy atom. The molecule has 2 nitrogen and oxygen atoms in total. The summed E-state index contributed by atoms with van der Waals surface area (Å²) in [6.45, 7) is 0. The van der Waals surface area contributed by atoms with Crippen LogP contribution in [0.1, 0.15) is 31.2 Å². The van der Waals surface area contributed by atoms with E-state index in [0.29, 0.717) is 25.7 Å². The number of benzene rings is 1. The van der Waals surface area contributed by atoms with Crippen molar-refractivity contribution in [2.24, 2.45) is 0 Å². The highest BCUT2D eigenvalue weighted by molar-refractivity contribution is 5.33. The van der Waals surface area contributed by atoms with Gasteiger partial charge in [0.25, 0.3) is 0 Å². The maximum absolute atomic E-state index is 12.8. The van der Waals surface area contributed by atoms with Gasteiger partial charge < -0.3 is 5.11 Å². The van der Waals surface area contributed by atoms with Gasteiger partial charge in [-0.15, -0.1) is 0 Å². The second-order valence-electron chi connectivity index (χ2n) is 4.43. The molecule has 0 spiro atoms. The highest BCUT2D eigenvalue weighted by Crippen LogP contribution is 2.38. The van der Waals surface area contributed by atoms with E-state index in [1.807, 2.05) is 0 Å². The molecule has 1 aliphatic carbocycles. The van der Waals surface area contributed by atoms with Crippen LogP contribution in [-0.2, 0) is 5.41 Å². The molecule has 0 atom stereocenters. The molecule has 1 N–H and O–H groups in total. The molecule has 2 rings (SSSR count). The SMILES string of the molecule is N#C[C@]1(c2ccc(F)cc2)CC[C@@H](O)CC1. The van der Waals surface area contributed by atoms with Crippen molar-refractivity contribution >= 4 is 0 Å². The van der Waals surface area contributed by atoms with Crippen LogP contribution >= 0.6 is 0 Å². The Hall–Kier alpha value is -1.40. The van der Waals surface area contributed by atoms with Crippen LogP contribution in [0.25, 0.3) is 0 Å². The molecule has 0 radical (unpaired) electrons. The minimum Gasteiger partial charge on any atom is -0.393 e. The Labute approximate surface area is 94.3 Å². The van der Waals surface area contributed by atoms with Gasteiger partial charge in [0.1, 0.15) is 5.82 Å². The van der Waals surface area contributed by atoms with Crippen molar-refractivity contribution in [1.82, 2.24) is 0 Å². The molecule has 16 heavy (non-hydrogen) atoms. The maximum Gasteiger partial charge on any atom is 0.123 e. The zero-order valence-electron chi connectivity index (χ0n) is 8.99. The molecule has 0 unspecified atom stereocenters. The first kappa shape index (κ1) is 11.1. The topological polar surface area (TPSA) is 44.0 Å². The Kier molecular flexibility index (Phi) is 2.93. The molecule has 1 aliphatic rings. The van der Waals surface area contributed by atoms with Crippen LogP contribution in [0.5, 0.6) is 0 Å². The summed E-state index contributed by atoms with van der Waals surface area (Å²) in [5, 5.41) is 18.8. The van der Waals surface area contributed by atoms with Crippen LogP contribution in [0.4, 0.5) is 4.39 Å². The van der Waals surface area contributed by atoms with Gasteiger partial charge in [-0.3, -0.25) is 0 Å². The van der Waals surface area contributed by atoms with Crippen LogP contribution in [-0.4, -0.2) is 11.2 Å². The first-order valence-electron chi connectivity index (χ1n) is 5.52. The van der Waals surface area contributed by atoms with E-state index in [-0.39, 0.29) is 11.9 Å². The second kappa shape index (κ2) is 4.23. The van der Waals surface area contributed by atoms with Crippen LogP contribution in [0.3, 0.4) is 0 Å². The number of hydrogen-bond donors (Lipinski definition) is 1. The normalized spacial score (nSPS) is 29.7. The van der Waals surface area contributed by atoms with Crippen LogP contribution < -0.4 is 0 Å². The number of aliphatic hydroxyl groups excluding tert-OH is 1. The third-order valence-electron chi connectivity index (χ3n) is 3.42. The predicted octanol–water partition coefficient (Wildman–Crippen LogP) is 2.52. The van der Waals surface area contributed by atoms with E-state index in [9.17, 15) is 14.8 Å². The Morgan fingerprint density at radius 2 is 1.81 bits per heavy atom. The monoisotopic (exact) mass is 219 g/mol. The Morgan fingerprint density at radius 1 is 1.25 bits per heavy atom. The molecule has 0 saturated heterocycles. The Bertz CT molecular complexity index is 399. The first-order chi connectivity index (χ1) is 7.66. The van der Waals surface area contributed by atoms with Crippen molar-refractivity contribution in [2.75, 3.05) is 0 Å². The van der Waals surface area contributed by atoms with Gasteiger partial charge in [-0.05, 0) is 43.4 Å². The zero-order valence-corrected chi connectivity index (χ0v) is 8.99. The molecule has 1 fully saturated rings. The van der Waals surface area contributed by atoms with Gasteiger partial charge in [0.15, 0.2) is 0 Å². The average molecular weight is 219 g/mol. The van der Waals surface area contributed by atoms with E-state index in [1.54, 1.807) is 12.1 Å². The fourth-order valence-electron chi connectivity index (χ4n) is 2.33. The number of nitrogens with zero attached hydrogens (tertiary/aromatic N) is 1. The summed E-state index contributed by atoms with van der Waals surface area (Å²) in [4.78, 5) is 0. The number of aliphatic hydroxyl groups is 1. The molecule has 1 saturated carbocycles. The number of halogens is 1. The van der Waals surface area contributed by atoms with E-state index in [4.69, 9.17) is 0 Å². The summed E-state index contributed by atoms with van der Waals surface area (Å²) in [6.07, 6.45) is 2.30. The fourth-order valence-corrected chi connectivity index (χ4v) is 2.33. The quantitative estimate of drug-likeness (QED) is 0.788. The van der Waals surface area contributed by atoms with Gasteiger partial charge in [0, 0.05) is 0 Å². The number of rotatable bonds is 1. The molecule has 84 valence electrons. The lowest BCUT2D eigenvalue weighted by Gasteiger charge is -2.33. The summed E-state index contributed by atoms with van der Waals surface area (Å²) in [5.41, 5.74) is 0.329. The van der Waals surface area contributed by atoms with E-state index in [0.717, 1.165) is 5.56 Å². The zero-order chi connectivity index (χ0) is 11.6. The molecule has 3 heteroatoms. The van der Waals surface area contributed by atoms with E-state index >= 15 is 0 Å². The maximum atomic E-state index is 12.8. The smallest absolute Gasteiger partial charge is 0.123 e. The van der Waals surface area contributed by atoms with Crippen molar-refractivity contribution in [1.29, 1.82) is 5.26 Å². The summed E-state index contributed by atoms with van der Waals surface area (Å²) in [6, 6.07) is 8.47. The van der Waals surface area contributed by atoms with Crippen molar-refractivity contribution in [3.8, 4) is 6.07 Å². The van der Waals surface area contributed by atoms with E-state index in [1.165, 1.54) is 12.1 Å². The number of nitriles is 1. The largest absolute Gasteiger partial charge is 0.393 e. The molecule has 0 heterocycles. The van der Waals surface area contributed by atoms with Crippen molar-refractivity contribution in [2.45, 2.75) is 37.2 Å². The molecule has 0 aliphatic heterocycles. The molecule has 0 amide bonds. The predicted molar refractivity (Wildman–Crippen MR) is 58.2 cm³/mol. The lowest BCUT2D eigenvalue weighted by atomic mass is 9.70. The molecule has 0 aromatic heterocycles. The highest BCUT2D eigenvalue weighted by Gasteiger charge is 2.36. The third kappa shape index (κ3) is 1.94. The Balaban J connectivity index is 2.29. The van der Waals surface area contributed by atoms with Gasteiger partial charge >= 0.3 is 0 Å². The van der Waals surface area contributed by atoms with E-state index < -0.39 is 5.41 Å². The van der Waals surface area contributed by atoms with Crippen molar-refractivity contribution < 1.29 is 9.50 Å². The molecular formula is C13H14FNO. The van der Waals surface area contributed by atoms with Crippen LogP contribution in [0.2, 0.25) is 0 Å². The number of hydrogen-bond acceptors (Lipinski definition) is 2. The second-order valence-corrected chi connectivity index (χ2v) is 4.43. The molecule has 1 aromatic carbocycles. The van der Waals surface area contributed by atoms with Gasteiger partial charge in [-0.1, -0.05) is 12.1 Å². The summed E-state index contributed by atoms with van der Waals surface area (Å²) in [5.74, 6) is -0.285. The average Bonchev–Trinajstić information content (AvgIpc) is 2.32. The van der Waals surface area contributed by atoms with Gasteiger partial charge in [0.05, 0.1) is 17.6 Å². The third-order valence-corrected chi connectivity index (χ3v) is 3.42. The van der Waals surface area contributed by atoms with Crippen LogP contribution in [0.15, 0.2) is 24.3 Å². The molecule has 0 bridgehead atoms. The standard InChI is InChI=1S/C13H14FNO/c14-11-3-1-10(2-4-11)13(9-15)7-5-12(16)6-8-13/h1-4,12,16H,5-8H2/t12-,13+. The summed E-state index contributed by atoms with van der Waals surface area (Å²) in [7, 11) is 0. The minimum absolute atomic E-state index is 0.285. The highest BCUT2D eigenvalue weighted by atomic mass is 19.1. The van der Waals surface area contributed by atoms with Crippen molar-refractivity contribution in [3.63, 3.8) is 0 Å². The summed E-state index contributed by atoms with van der Waals surface area (Å²) < 4.78 is 12.8. The molecule has 1 aromatic rings.